The van der Waals surface area contributed by atoms with Crippen molar-refractivity contribution in [1.82, 2.24) is 15.1 Å². The fourth-order valence-electron chi connectivity index (χ4n) is 2.75. The van der Waals surface area contributed by atoms with E-state index in [4.69, 9.17) is 4.74 Å². The van der Waals surface area contributed by atoms with Crippen molar-refractivity contribution in [2.45, 2.75) is 71.1 Å². The number of hydrogen-bond donors (Lipinski definition) is 1. The normalized spacial score (nSPS) is 16.9. The topological polar surface area (TPSA) is 39.1 Å². The van der Waals surface area contributed by atoms with Crippen molar-refractivity contribution in [1.29, 1.82) is 0 Å². The molecule has 0 radical (unpaired) electrons. The summed E-state index contributed by atoms with van der Waals surface area (Å²) in [5.74, 6) is 0. The van der Waals surface area contributed by atoms with E-state index in [9.17, 15) is 0 Å². The largest absolute Gasteiger partial charge is 0.375 e. The third-order valence-corrected chi connectivity index (χ3v) is 3.88. The average molecular weight is 279 g/mol. The van der Waals surface area contributed by atoms with E-state index in [-0.39, 0.29) is 0 Å². The number of nitrogens with one attached hydrogen (secondary N) is 1. The van der Waals surface area contributed by atoms with Crippen LogP contribution in [-0.2, 0) is 11.3 Å². The van der Waals surface area contributed by atoms with Gasteiger partial charge in [-0.2, -0.15) is 5.10 Å². The van der Waals surface area contributed by atoms with Crippen LogP contribution in [0.2, 0.25) is 0 Å². The van der Waals surface area contributed by atoms with E-state index in [0.29, 0.717) is 18.7 Å². The summed E-state index contributed by atoms with van der Waals surface area (Å²) in [7, 11) is 0. The molecule has 1 aromatic heterocycles. The molecule has 4 nitrogen and oxygen atoms in total. The van der Waals surface area contributed by atoms with Gasteiger partial charge in [-0.1, -0.05) is 33.1 Å². The molecule has 0 unspecified atom stereocenters. The highest BCUT2D eigenvalue weighted by molar-refractivity contribution is 4.98. The first kappa shape index (κ1) is 15.5. The molecule has 1 fully saturated rings. The Labute approximate surface area is 122 Å². The Morgan fingerprint density at radius 2 is 2.15 bits per heavy atom. The minimum atomic E-state index is 0.557. The lowest BCUT2D eigenvalue weighted by atomic mass is 9.96. The molecule has 0 amide bonds. The van der Waals surface area contributed by atoms with E-state index in [1.165, 1.54) is 32.1 Å². The van der Waals surface area contributed by atoms with Gasteiger partial charge >= 0.3 is 0 Å². The quantitative estimate of drug-likeness (QED) is 0.742. The summed E-state index contributed by atoms with van der Waals surface area (Å²) >= 11 is 0. The molecule has 0 aromatic carbocycles. The highest BCUT2D eigenvalue weighted by Crippen LogP contribution is 2.27. The molecule has 0 spiro atoms. The first-order valence-corrected chi connectivity index (χ1v) is 8.11. The van der Waals surface area contributed by atoms with Crippen LogP contribution in [0.25, 0.3) is 0 Å². The molecule has 1 aliphatic carbocycles. The molecule has 0 saturated heterocycles. The predicted molar refractivity (Wildman–Crippen MR) is 81.8 cm³/mol. The van der Waals surface area contributed by atoms with Crippen LogP contribution in [0.3, 0.4) is 0 Å². The van der Waals surface area contributed by atoms with E-state index in [1.807, 2.05) is 0 Å². The molecule has 4 heteroatoms. The second-order valence-electron chi connectivity index (χ2n) is 6.09. The number of nitrogens with zero attached hydrogens (tertiary/aromatic N) is 2. The maximum absolute atomic E-state index is 5.69. The fraction of sp³-hybridized carbons (Fsp3) is 0.812. The summed E-state index contributed by atoms with van der Waals surface area (Å²) in [6, 6.07) is 3.27. The van der Waals surface area contributed by atoms with Crippen LogP contribution >= 0.6 is 0 Å². The molecule has 1 aromatic rings. The first-order chi connectivity index (χ1) is 9.75. The van der Waals surface area contributed by atoms with Crippen LogP contribution in [0.15, 0.2) is 12.3 Å². The molecule has 1 aliphatic rings. The smallest absolute Gasteiger partial charge is 0.0906 e. The third kappa shape index (κ3) is 5.25. The van der Waals surface area contributed by atoms with E-state index < -0.39 is 0 Å². The summed E-state index contributed by atoms with van der Waals surface area (Å²) in [4.78, 5) is 0. The van der Waals surface area contributed by atoms with Crippen LogP contribution in [0.1, 0.15) is 64.1 Å². The molecule has 0 aliphatic heterocycles. The molecule has 1 saturated carbocycles. The van der Waals surface area contributed by atoms with Gasteiger partial charge in [0.15, 0.2) is 0 Å². The van der Waals surface area contributed by atoms with Gasteiger partial charge in [0.2, 0.25) is 0 Å². The van der Waals surface area contributed by atoms with Crippen molar-refractivity contribution < 1.29 is 4.74 Å². The molecule has 2 rings (SSSR count). The molecular formula is C16H29N3O. The van der Waals surface area contributed by atoms with Gasteiger partial charge in [0.25, 0.3) is 0 Å². The standard InChI is InChI=1S/C16H29N3O/c1-14(2)17-10-6-12-20-13-15-9-11-19(18-15)16-7-4-3-5-8-16/h9,11,14,16-17H,3-8,10,12-13H2,1-2H3. The van der Waals surface area contributed by atoms with Crippen molar-refractivity contribution in [3.8, 4) is 0 Å². The second kappa shape index (κ2) is 8.42. The summed E-state index contributed by atoms with van der Waals surface area (Å²) in [5, 5.41) is 8.05. The zero-order valence-electron chi connectivity index (χ0n) is 13.0. The molecule has 114 valence electrons. The fourth-order valence-corrected chi connectivity index (χ4v) is 2.75. The monoisotopic (exact) mass is 279 g/mol. The molecular weight excluding hydrogens is 250 g/mol. The first-order valence-electron chi connectivity index (χ1n) is 8.11. The average Bonchev–Trinajstić information content (AvgIpc) is 2.92. The highest BCUT2D eigenvalue weighted by Gasteiger charge is 2.15. The van der Waals surface area contributed by atoms with Crippen LogP contribution in [0.4, 0.5) is 0 Å². The number of hydrogen-bond acceptors (Lipinski definition) is 3. The minimum absolute atomic E-state index is 0.557. The summed E-state index contributed by atoms with van der Waals surface area (Å²) in [5.41, 5.74) is 1.06. The van der Waals surface area contributed by atoms with Crippen LogP contribution in [0.5, 0.6) is 0 Å². The van der Waals surface area contributed by atoms with Gasteiger partial charge in [-0.25, -0.2) is 0 Å². The molecule has 0 atom stereocenters. The lowest BCUT2D eigenvalue weighted by Crippen LogP contribution is -2.24. The Hall–Kier alpha value is -0.870. The van der Waals surface area contributed by atoms with Gasteiger partial charge in [-0.05, 0) is 31.9 Å². The molecule has 20 heavy (non-hydrogen) atoms. The van der Waals surface area contributed by atoms with Crippen molar-refractivity contribution in [2.75, 3.05) is 13.2 Å². The lowest BCUT2D eigenvalue weighted by Gasteiger charge is -2.21. The van der Waals surface area contributed by atoms with Crippen molar-refractivity contribution >= 4 is 0 Å². The van der Waals surface area contributed by atoms with Gasteiger partial charge in [-0.3, -0.25) is 4.68 Å². The van der Waals surface area contributed by atoms with Crippen molar-refractivity contribution in [3.63, 3.8) is 0 Å². The van der Waals surface area contributed by atoms with E-state index in [0.717, 1.165) is 25.3 Å². The van der Waals surface area contributed by atoms with Gasteiger partial charge in [0.1, 0.15) is 0 Å². The maximum Gasteiger partial charge on any atom is 0.0906 e. The SMILES string of the molecule is CC(C)NCCCOCc1ccn(C2CCCCC2)n1. The Morgan fingerprint density at radius 1 is 1.35 bits per heavy atom. The Bertz CT molecular complexity index is 370. The predicted octanol–water partition coefficient (Wildman–Crippen LogP) is 3.29. The van der Waals surface area contributed by atoms with Gasteiger partial charge < -0.3 is 10.1 Å². The third-order valence-electron chi connectivity index (χ3n) is 3.88. The summed E-state index contributed by atoms with van der Waals surface area (Å²) < 4.78 is 7.84. The summed E-state index contributed by atoms with van der Waals surface area (Å²) in [6.45, 7) is 6.79. The lowest BCUT2D eigenvalue weighted by molar-refractivity contribution is 0.114. The molecule has 1 heterocycles. The second-order valence-corrected chi connectivity index (χ2v) is 6.09. The van der Waals surface area contributed by atoms with Gasteiger partial charge in [0.05, 0.1) is 18.3 Å². The van der Waals surface area contributed by atoms with E-state index >= 15 is 0 Å². The van der Waals surface area contributed by atoms with Gasteiger partial charge in [0, 0.05) is 18.8 Å². The van der Waals surface area contributed by atoms with Gasteiger partial charge in [-0.15, -0.1) is 0 Å². The van der Waals surface area contributed by atoms with Crippen molar-refractivity contribution in [3.05, 3.63) is 18.0 Å². The Balaban J connectivity index is 1.62. The zero-order chi connectivity index (χ0) is 14.2. The number of rotatable bonds is 8. The zero-order valence-corrected chi connectivity index (χ0v) is 13.0. The van der Waals surface area contributed by atoms with Crippen LogP contribution in [0, 0.1) is 0 Å². The summed E-state index contributed by atoms with van der Waals surface area (Å²) in [6.07, 6.45) is 9.82. The Kier molecular flexibility index (Phi) is 6.54. The van der Waals surface area contributed by atoms with Crippen LogP contribution < -0.4 is 5.32 Å². The Morgan fingerprint density at radius 3 is 2.90 bits per heavy atom. The molecule has 0 bridgehead atoms. The molecule has 1 N–H and O–H groups in total. The number of ether oxygens (including phenoxy) is 1. The maximum atomic E-state index is 5.69. The van der Waals surface area contributed by atoms with E-state index in [1.54, 1.807) is 0 Å². The minimum Gasteiger partial charge on any atom is -0.375 e. The van der Waals surface area contributed by atoms with E-state index in [2.05, 4.69) is 41.2 Å². The van der Waals surface area contributed by atoms with Crippen molar-refractivity contribution in [2.24, 2.45) is 0 Å². The highest BCUT2D eigenvalue weighted by atomic mass is 16.5. The number of aromatic nitrogens is 2. The van der Waals surface area contributed by atoms with Crippen LogP contribution in [-0.4, -0.2) is 29.0 Å².